The molecule has 0 aliphatic carbocycles. The molecule has 0 spiro atoms. The van der Waals surface area contributed by atoms with E-state index in [0.29, 0.717) is 78.3 Å². The zero-order valence-corrected chi connectivity index (χ0v) is 59.9. The molecule has 0 atom stereocenters. The average molecular weight is 1490 g/mol. The molecule has 15 aromatic carbocycles. The molecule has 7 heteroatoms. The van der Waals surface area contributed by atoms with Crippen LogP contribution >= 0.6 is 0 Å². The van der Waals surface area contributed by atoms with Crippen LogP contribution in [0, 0.1) is 0 Å². The normalized spacial score (nSPS) is 15.6. The van der Waals surface area contributed by atoms with Gasteiger partial charge in [0.15, 0.2) is 0 Å². The molecule has 2 aliphatic rings. The quantitative estimate of drug-likeness (QED) is 0.127. The second kappa shape index (κ2) is 24.4. The van der Waals surface area contributed by atoms with Crippen LogP contribution in [0.3, 0.4) is 0 Å². The van der Waals surface area contributed by atoms with Gasteiger partial charge in [-0.2, -0.15) is 0 Å². The first-order valence-corrected chi connectivity index (χ1v) is 38.0. The number of para-hydroxylation sites is 2. The number of benzene rings is 15. The van der Waals surface area contributed by atoms with E-state index in [9.17, 15) is 24.7 Å². The van der Waals surface area contributed by atoms with Crippen molar-refractivity contribution in [3.8, 4) is 78.1 Å². The Balaban J connectivity index is 1.02. The molecule has 6 heterocycles. The average Bonchev–Trinajstić information content (AvgIpc) is 1.65. The Morgan fingerprint density at radius 2 is 0.648 bits per heavy atom. The van der Waals surface area contributed by atoms with Gasteiger partial charge in [0.25, 0.3) is 0 Å². The molecule has 494 valence electrons. The summed E-state index contributed by atoms with van der Waals surface area (Å²) in [6, 6.07) is 58.5. The molecular formula is C98H67BN4Se2. The molecule has 19 aromatic rings. The third-order valence-corrected chi connectivity index (χ3v) is 25.0. The van der Waals surface area contributed by atoms with Crippen LogP contribution in [0.2, 0.25) is 0 Å². The van der Waals surface area contributed by atoms with E-state index in [1.54, 1.807) is 0 Å². The molecule has 2 aliphatic heterocycles. The van der Waals surface area contributed by atoms with Crippen molar-refractivity contribution in [3.05, 3.63) is 357 Å². The maximum absolute atomic E-state index is 11.9. The fraction of sp³-hybridized carbons (Fsp3) is 0.0408. The van der Waals surface area contributed by atoms with Crippen LogP contribution in [-0.2, 0) is 5.41 Å². The minimum atomic E-state index is -1.59. The summed E-state index contributed by atoms with van der Waals surface area (Å²) < 4.78 is 225. The molecule has 0 radical (unpaired) electrons. The van der Waals surface area contributed by atoms with Crippen LogP contribution in [0.4, 0.5) is 34.1 Å². The molecule has 0 amide bonds. The molecule has 105 heavy (non-hydrogen) atoms. The summed E-state index contributed by atoms with van der Waals surface area (Å²) in [4.78, 5) is 3.92. The molecule has 4 nitrogen and oxygen atoms in total. The van der Waals surface area contributed by atoms with Gasteiger partial charge in [0.2, 0.25) is 0 Å². The fourth-order valence-electron chi connectivity index (χ4n) is 15.7. The van der Waals surface area contributed by atoms with Gasteiger partial charge in [-0.25, -0.2) is 0 Å². The summed E-state index contributed by atoms with van der Waals surface area (Å²) >= 11 is -2.45. The standard InChI is InChI=1S/C98H67BN4Se2/c1-98(2,3)70-58-87-93-88(59-70)103(95-79(66-38-18-8-19-39-66)56-69(63-32-12-5-13-33-63)57-80(95)67-40-20-9-21-41-67)86-61-72(101-84-47-27-23-43-74(84)92-76-45-25-29-49-90(76)105-97(92)101)51-53-82(86)99(93)81-52-50-71(100-83-46-26-22-42-73(83)91-75-44-24-28-48-89(75)104-96(91)100)60-85(81)102(87)94-77(64-34-14-6-15-35-64)54-68(62-30-10-4-11-31-62)55-78(94)65-36-16-7-17-37-65/h4-61H,1-3H3/i22D,23D,24D,25D,26D,27D,28D,29D,42D,43D,44D,45D,46D,47D,48D,49D,50D,51D,52D,53D,60D,61D. The van der Waals surface area contributed by atoms with Crippen molar-refractivity contribution in [2.75, 3.05) is 9.80 Å². The Morgan fingerprint density at radius 3 is 1.00 bits per heavy atom. The summed E-state index contributed by atoms with van der Waals surface area (Å²) in [6.07, 6.45) is 0. The van der Waals surface area contributed by atoms with Gasteiger partial charge in [-0.1, -0.05) is 36.4 Å². The second-order valence-electron chi connectivity index (χ2n) is 27.4. The van der Waals surface area contributed by atoms with Crippen molar-refractivity contribution in [1.29, 1.82) is 0 Å². The van der Waals surface area contributed by atoms with E-state index in [1.807, 2.05) is 204 Å². The van der Waals surface area contributed by atoms with Gasteiger partial charge in [-0.15, -0.1) is 0 Å². The Hall–Kier alpha value is -11.9. The topological polar surface area (TPSA) is 16.3 Å². The number of hydrogen-bond acceptors (Lipinski definition) is 2. The summed E-state index contributed by atoms with van der Waals surface area (Å²) in [5, 5.41) is -0.193. The van der Waals surface area contributed by atoms with Gasteiger partial charge in [-0.3, -0.25) is 0 Å². The molecule has 0 saturated heterocycles. The van der Waals surface area contributed by atoms with E-state index >= 15 is 0 Å². The van der Waals surface area contributed by atoms with E-state index < -0.39 is 162 Å². The third-order valence-electron chi connectivity index (χ3n) is 20.4. The Bertz CT molecular complexity index is 7500. The number of nitrogens with zero attached hydrogens (tertiary/aromatic N) is 4. The SMILES string of the molecule is [2H]c1c([2H])c(-n2c3[se]c4c([2H])c([2H])c([2H])c([2H])c4c3c3c([2H])c([2H])c([2H])c([2H])c32)c([2H])c2c1B1c3c(cc(C(C)(C)C)cc3N(c3c(-c4ccccc4)cc(-c4ccccc4)cc3-c3ccccc3)c3c([2H])c(-n4c5[se]c6c([2H])c([2H])c([2H])c([2H])c6c5c5c([2H])c([2H])c([2H])c([2H])c54)c([2H])c([2H])c31)N2c1c(-c2ccccc2)cc(-c2ccccc2)cc1-c1ccccc1. The van der Waals surface area contributed by atoms with E-state index in [2.05, 4.69) is 45.0 Å². The number of aromatic nitrogens is 2. The molecule has 0 N–H and O–H groups in total. The van der Waals surface area contributed by atoms with Crippen LogP contribution in [-0.4, -0.2) is 44.9 Å². The summed E-state index contributed by atoms with van der Waals surface area (Å²) in [7, 11) is 0. The number of rotatable bonds is 10. The van der Waals surface area contributed by atoms with Crippen molar-refractivity contribution in [2.24, 2.45) is 0 Å². The van der Waals surface area contributed by atoms with Crippen molar-refractivity contribution >= 4 is 147 Å². The second-order valence-corrected chi connectivity index (χ2v) is 31.6. The minimum absolute atomic E-state index is 0.00746. The third kappa shape index (κ3) is 9.80. The Labute approximate surface area is 653 Å². The maximum atomic E-state index is 11.9. The number of hydrogen-bond donors (Lipinski definition) is 0. The summed E-state index contributed by atoms with van der Waals surface area (Å²) in [5.74, 6) is 0. The predicted octanol–water partition coefficient (Wildman–Crippen LogP) is 23.7. The fourth-order valence-corrected chi connectivity index (χ4v) is 20.4. The van der Waals surface area contributed by atoms with Crippen LogP contribution in [0.15, 0.2) is 351 Å². The molecule has 0 unspecified atom stereocenters. The molecular weight excluding hydrogens is 1400 g/mol. The van der Waals surface area contributed by atoms with Crippen LogP contribution in [0.1, 0.15) is 56.5 Å². The number of fused-ring (bicyclic) bond motifs is 14. The van der Waals surface area contributed by atoms with Gasteiger partial charge in [0.1, 0.15) is 0 Å². The van der Waals surface area contributed by atoms with Crippen LogP contribution in [0.25, 0.3) is 139 Å². The van der Waals surface area contributed by atoms with Crippen molar-refractivity contribution in [3.63, 3.8) is 0 Å². The van der Waals surface area contributed by atoms with Gasteiger partial charge >= 0.3 is 621 Å². The van der Waals surface area contributed by atoms with Crippen LogP contribution in [0.5, 0.6) is 0 Å². The van der Waals surface area contributed by atoms with Gasteiger partial charge in [0.05, 0.1) is 0 Å². The van der Waals surface area contributed by atoms with E-state index in [1.165, 1.54) is 9.13 Å². The van der Waals surface area contributed by atoms with Crippen molar-refractivity contribution in [1.82, 2.24) is 9.13 Å². The Kier molecular flexibility index (Phi) is 10.0. The number of anilines is 6. The monoisotopic (exact) mass is 1490 g/mol. The molecule has 21 rings (SSSR count). The molecule has 0 bridgehead atoms. The summed E-state index contributed by atoms with van der Waals surface area (Å²) in [5.41, 5.74) is 8.66. The van der Waals surface area contributed by atoms with Gasteiger partial charge in [0, 0.05) is 0 Å². The van der Waals surface area contributed by atoms with E-state index in [0.717, 1.165) is 22.3 Å². The molecule has 4 aromatic heterocycles. The summed E-state index contributed by atoms with van der Waals surface area (Å²) in [6.45, 7) is 4.58. The zero-order chi connectivity index (χ0) is 88.7. The van der Waals surface area contributed by atoms with Gasteiger partial charge < -0.3 is 0 Å². The zero-order valence-electron chi connectivity index (χ0n) is 78.5. The first-order chi connectivity index (χ1) is 60.9. The van der Waals surface area contributed by atoms with E-state index in [-0.39, 0.29) is 106 Å². The van der Waals surface area contributed by atoms with Crippen molar-refractivity contribution in [2.45, 2.75) is 26.2 Å². The first-order valence-electron chi connectivity index (χ1n) is 45.5. The Morgan fingerprint density at radius 1 is 0.324 bits per heavy atom. The molecule has 0 saturated carbocycles. The van der Waals surface area contributed by atoms with E-state index in [4.69, 9.17) is 5.48 Å². The van der Waals surface area contributed by atoms with Crippen LogP contribution < -0.4 is 26.2 Å². The first kappa shape index (κ1) is 43.3. The molecule has 0 fully saturated rings. The van der Waals surface area contributed by atoms with Gasteiger partial charge in [-0.05, 0) is 0 Å². The van der Waals surface area contributed by atoms with Crippen molar-refractivity contribution < 1.29 is 30.2 Å². The predicted molar refractivity (Wildman–Crippen MR) is 449 cm³/mol.